The van der Waals surface area contributed by atoms with E-state index in [1.807, 2.05) is 6.92 Å². The molecule has 0 radical (unpaired) electrons. The van der Waals surface area contributed by atoms with Crippen LogP contribution in [0.15, 0.2) is 12.1 Å². The average molecular weight is 235 g/mol. The number of ether oxygens (including phenoxy) is 1. The fraction of sp³-hybridized carbons (Fsp3) is 0.333. The normalized spacial score (nSPS) is 14.9. The number of hydrogen-bond donors (Lipinski definition) is 1. The molecule has 1 fully saturated rings. The van der Waals surface area contributed by atoms with E-state index in [1.165, 1.54) is 11.0 Å². The van der Waals surface area contributed by atoms with Crippen molar-refractivity contribution in [2.24, 2.45) is 0 Å². The van der Waals surface area contributed by atoms with Crippen molar-refractivity contribution in [3.05, 3.63) is 28.8 Å². The van der Waals surface area contributed by atoms with Crippen LogP contribution in [0.3, 0.4) is 0 Å². The minimum atomic E-state index is -0.986. The van der Waals surface area contributed by atoms with Crippen molar-refractivity contribution in [1.29, 1.82) is 0 Å². The van der Waals surface area contributed by atoms with Crippen molar-refractivity contribution < 1.29 is 19.4 Å². The Morgan fingerprint density at radius 2 is 2.12 bits per heavy atom. The minimum absolute atomic E-state index is 0.222. The van der Waals surface area contributed by atoms with E-state index in [0.29, 0.717) is 24.4 Å². The molecule has 2 rings (SSSR count). The SMILES string of the molecule is Cc1cc(N2CCOC2=O)cc(C(=O)O)c1C. The van der Waals surface area contributed by atoms with E-state index in [4.69, 9.17) is 9.84 Å². The molecule has 0 saturated carbocycles. The van der Waals surface area contributed by atoms with E-state index in [9.17, 15) is 9.59 Å². The third-order valence-corrected chi connectivity index (χ3v) is 2.96. The lowest BCUT2D eigenvalue weighted by molar-refractivity contribution is 0.0696. The van der Waals surface area contributed by atoms with Gasteiger partial charge < -0.3 is 9.84 Å². The Balaban J connectivity index is 2.49. The summed E-state index contributed by atoms with van der Waals surface area (Å²) < 4.78 is 4.83. The molecule has 5 heteroatoms. The number of carboxylic acid groups (broad SMARTS) is 1. The highest BCUT2D eigenvalue weighted by atomic mass is 16.6. The van der Waals surface area contributed by atoms with Crippen LogP contribution in [-0.4, -0.2) is 30.3 Å². The standard InChI is InChI=1S/C12H13NO4/c1-7-5-9(13-3-4-17-12(13)16)6-10(8(7)2)11(14)15/h5-6H,3-4H2,1-2H3,(H,14,15). The first kappa shape index (κ1) is 11.4. The van der Waals surface area contributed by atoms with Gasteiger partial charge in [0.2, 0.25) is 0 Å². The molecule has 90 valence electrons. The molecule has 1 aliphatic heterocycles. The largest absolute Gasteiger partial charge is 0.478 e. The lowest BCUT2D eigenvalue weighted by Crippen LogP contribution is -2.24. The van der Waals surface area contributed by atoms with Crippen LogP contribution >= 0.6 is 0 Å². The highest BCUT2D eigenvalue weighted by Gasteiger charge is 2.25. The number of hydrogen-bond acceptors (Lipinski definition) is 3. The smallest absolute Gasteiger partial charge is 0.414 e. The van der Waals surface area contributed by atoms with Crippen LogP contribution in [0, 0.1) is 13.8 Å². The molecule has 5 nitrogen and oxygen atoms in total. The fourth-order valence-corrected chi connectivity index (χ4v) is 1.85. The predicted molar refractivity (Wildman–Crippen MR) is 61.6 cm³/mol. The number of aromatic carboxylic acids is 1. The van der Waals surface area contributed by atoms with Gasteiger partial charge in [-0.15, -0.1) is 0 Å². The molecular weight excluding hydrogens is 222 g/mol. The van der Waals surface area contributed by atoms with Gasteiger partial charge in [-0.05, 0) is 37.1 Å². The van der Waals surface area contributed by atoms with Gasteiger partial charge in [-0.1, -0.05) is 0 Å². The van der Waals surface area contributed by atoms with Crippen LogP contribution in [0.25, 0.3) is 0 Å². The number of carbonyl (C=O) groups excluding carboxylic acids is 1. The van der Waals surface area contributed by atoms with Gasteiger partial charge in [0.1, 0.15) is 6.61 Å². The van der Waals surface area contributed by atoms with Crippen LogP contribution in [0.1, 0.15) is 21.5 Å². The summed E-state index contributed by atoms with van der Waals surface area (Å²) in [5, 5.41) is 9.09. The zero-order valence-corrected chi connectivity index (χ0v) is 9.69. The van der Waals surface area contributed by atoms with Crippen LogP contribution < -0.4 is 4.90 Å². The first-order chi connectivity index (χ1) is 8.00. The molecule has 0 aromatic heterocycles. The van der Waals surface area contributed by atoms with E-state index in [0.717, 1.165) is 5.56 Å². The third-order valence-electron chi connectivity index (χ3n) is 2.96. The number of rotatable bonds is 2. The van der Waals surface area contributed by atoms with Gasteiger partial charge in [0.15, 0.2) is 0 Å². The van der Waals surface area contributed by atoms with E-state index >= 15 is 0 Å². The zero-order chi connectivity index (χ0) is 12.6. The summed E-state index contributed by atoms with van der Waals surface area (Å²) in [6, 6.07) is 3.31. The summed E-state index contributed by atoms with van der Waals surface area (Å²) in [5.74, 6) is -0.986. The van der Waals surface area contributed by atoms with Crippen molar-refractivity contribution in [2.45, 2.75) is 13.8 Å². The van der Waals surface area contributed by atoms with E-state index < -0.39 is 12.1 Å². The monoisotopic (exact) mass is 235 g/mol. The number of nitrogens with zero attached hydrogens (tertiary/aromatic N) is 1. The van der Waals surface area contributed by atoms with E-state index in [1.54, 1.807) is 13.0 Å². The van der Waals surface area contributed by atoms with Crippen molar-refractivity contribution in [1.82, 2.24) is 0 Å². The van der Waals surface area contributed by atoms with Gasteiger partial charge in [0, 0.05) is 5.69 Å². The highest BCUT2D eigenvalue weighted by Crippen LogP contribution is 2.25. The van der Waals surface area contributed by atoms with Gasteiger partial charge >= 0.3 is 12.1 Å². The lowest BCUT2D eigenvalue weighted by Gasteiger charge is -2.16. The average Bonchev–Trinajstić information content (AvgIpc) is 2.68. The Morgan fingerprint density at radius 1 is 1.41 bits per heavy atom. The Hall–Kier alpha value is -2.04. The van der Waals surface area contributed by atoms with E-state index in [-0.39, 0.29) is 5.56 Å². The maximum Gasteiger partial charge on any atom is 0.414 e. The Labute approximate surface area is 98.6 Å². The number of amides is 1. The number of carboxylic acids is 1. The van der Waals surface area contributed by atoms with Crippen molar-refractivity contribution in [3.8, 4) is 0 Å². The summed E-state index contributed by atoms with van der Waals surface area (Å²) in [6.07, 6.45) is -0.426. The summed E-state index contributed by atoms with van der Waals surface area (Å²) in [7, 11) is 0. The molecule has 0 aliphatic carbocycles. The lowest BCUT2D eigenvalue weighted by atomic mass is 10.0. The first-order valence-electron chi connectivity index (χ1n) is 5.29. The van der Waals surface area contributed by atoms with Crippen LogP contribution in [-0.2, 0) is 4.74 Å². The second kappa shape index (κ2) is 4.08. The first-order valence-corrected chi connectivity index (χ1v) is 5.29. The number of benzene rings is 1. The Morgan fingerprint density at radius 3 is 2.65 bits per heavy atom. The molecule has 1 N–H and O–H groups in total. The molecule has 1 heterocycles. The van der Waals surface area contributed by atoms with E-state index in [2.05, 4.69) is 0 Å². The van der Waals surface area contributed by atoms with Crippen molar-refractivity contribution in [3.63, 3.8) is 0 Å². The summed E-state index contributed by atoms with van der Waals surface area (Å²) in [6.45, 7) is 4.38. The topological polar surface area (TPSA) is 66.8 Å². The third kappa shape index (κ3) is 1.95. The van der Waals surface area contributed by atoms with Crippen molar-refractivity contribution in [2.75, 3.05) is 18.1 Å². The molecule has 1 aromatic rings. The second-order valence-corrected chi connectivity index (χ2v) is 4.01. The molecule has 0 bridgehead atoms. The summed E-state index contributed by atoms with van der Waals surface area (Å²) >= 11 is 0. The van der Waals surface area contributed by atoms with Crippen molar-refractivity contribution >= 4 is 17.7 Å². The second-order valence-electron chi connectivity index (χ2n) is 4.01. The zero-order valence-electron chi connectivity index (χ0n) is 9.69. The molecule has 0 spiro atoms. The van der Waals surface area contributed by atoms with Gasteiger partial charge in [-0.25, -0.2) is 9.59 Å². The summed E-state index contributed by atoms with van der Waals surface area (Å²) in [5.41, 5.74) is 2.36. The Bertz CT molecular complexity index is 496. The molecule has 0 atom stereocenters. The molecule has 1 aromatic carbocycles. The van der Waals surface area contributed by atoms with Crippen LogP contribution in [0.2, 0.25) is 0 Å². The van der Waals surface area contributed by atoms with Crippen LogP contribution in [0.5, 0.6) is 0 Å². The molecule has 0 unspecified atom stereocenters. The molecule has 1 amide bonds. The number of anilines is 1. The molecule has 17 heavy (non-hydrogen) atoms. The number of cyclic esters (lactones) is 1. The quantitative estimate of drug-likeness (QED) is 0.850. The van der Waals surface area contributed by atoms with Gasteiger partial charge in [0.05, 0.1) is 12.1 Å². The van der Waals surface area contributed by atoms with Crippen LogP contribution in [0.4, 0.5) is 10.5 Å². The fourth-order valence-electron chi connectivity index (χ4n) is 1.85. The summed E-state index contributed by atoms with van der Waals surface area (Å²) in [4.78, 5) is 23.9. The molecule has 1 aliphatic rings. The van der Waals surface area contributed by atoms with Gasteiger partial charge in [-0.3, -0.25) is 4.90 Å². The van der Waals surface area contributed by atoms with Gasteiger partial charge in [-0.2, -0.15) is 0 Å². The highest BCUT2D eigenvalue weighted by molar-refractivity contribution is 5.94. The maximum absolute atomic E-state index is 11.4. The maximum atomic E-state index is 11.4. The number of carbonyl (C=O) groups is 2. The predicted octanol–water partition coefficient (Wildman–Crippen LogP) is 1.96. The number of aryl methyl sites for hydroxylation is 1. The van der Waals surface area contributed by atoms with Gasteiger partial charge in [0.25, 0.3) is 0 Å². The molecule has 1 saturated heterocycles. The molecular formula is C12H13NO4. The Kier molecular flexibility index (Phi) is 2.75. The minimum Gasteiger partial charge on any atom is -0.478 e.